The maximum atomic E-state index is 13.2. The van der Waals surface area contributed by atoms with Crippen LogP contribution in [0, 0.1) is 18.6 Å². The molecule has 0 aliphatic rings. The molecule has 0 saturated heterocycles. The van der Waals surface area contributed by atoms with Gasteiger partial charge in [-0.15, -0.1) is 0 Å². The fourth-order valence-corrected chi connectivity index (χ4v) is 1.86. The molecule has 92 valence electrons. The summed E-state index contributed by atoms with van der Waals surface area (Å²) in [6, 6.07) is 7.39. The summed E-state index contributed by atoms with van der Waals surface area (Å²) in [5.74, 6) is -2.09. The van der Waals surface area contributed by atoms with Crippen molar-refractivity contribution in [1.29, 1.82) is 0 Å². The second-order valence-electron chi connectivity index (χ2n) is 3.95. The Hall–Kier alpha value is -2.23. The maximum absolute atomic E-state index is 13.2. The van der Waals surface area contributed by atoms with E-state index in [-0.39, 0.29) is 11.1 Å². The van der Waals surface area contributed by atoms with Crippen molar-refractivity contribution in [2.24, 2.45) is 0 Å². The van der Waals surface area contributed by atoms with Crippen LogP contribution in [0.15, 0.2) is 36.4 Å². The highest BCUT2D eigenvalue weighted by Gasteiger charge is 2.14. The highest BCUT2D eigenvalue weighted by molar-refractivity contribution is 5.96. The van der Waals surface area contributed by atoms with Gasteiger partial charge in [-0.1, -0.05) is 6.07 Å². The van der Waals surface area contributed by atoms with Crippen LogP contribution in [0.5, 0.6) is 0 Å². The van der Waals surface area contributed by atoms with Crippen LogP contribution in [-0.2, 0) is 0 Å². The van der Waals surface area contributed by atoms with E-state index in [1.807, 2.05) is 0 Å². The van der Waals surface area contributed by atoms with E-state index in [1.54, 1.807) is 6.92 Å². The Morgan fingerprint density at radius 2 is 1.61 bits per heavy atom. The maximum Gasteiger partial charge on any atom is 0.336 e. The van der Waals surface area contributed by atoms with Crippen LogP contribution in [-0.4, -0.2) is 11.1 Å². The second kappa shape index (κ2) is 4.56. The zero-order valence-corrected chi connectivity index (χ0v) is 9.58. The lowest BCUT2D eigenvalue weighted by Gasteiger charge is -2.09. The minimum Gasteiger partial charge on any atom is -0.478 e. The van der Waals surface area contributed by atoms with Gasteiger partial charge in [0.25, 0.3) is 0 Å². The lowest BCUT2D eigenvalue weighted by Crippen LogP contribution is -2.01. The van der Waals surface area contributed by atoms with Crippen molar-refractivity contribution < 1.29 is 18.7 Å². The standard InChI is InChI=1S/C14H10F2O2/c1-8-6-9(15)2-4-11(8)13-7-10(16)3-5-12(13)14(17)18/h2-7H,1H3,(H,17,18). The highest BCUT2D eigenvalue weighted by Crippen LogP contribution is 2.28. The Labute approximate surface area is 103 Å². The Kier molecular flexibility index (Phi) is 3.10. The van der Waals surface area contributed by atoms with Crippen molar-refractivity contribution in [3.8, 4) is 11.1 Å². The third kappa shape index (κ3) is 2.22. The molecule has 0 atom stereocenters. The first kappa shape index (κ1) is 12.2. The summed E-state index contributed by atoms with van der Waals surface area (Å²) >= 11 is 0. The number of rotatable bonds is 2. The van der Waals surface area contributed by atoms with Crippen molar-refractivity contribution in [3.05, 3.63) is 59.2 Å². The van der Waals surface area contributed by atoms with Gasteiger partial charge in [0.05, 0.1) is 5.56 Å². The van der Waals surface area contributed by atoms with Crippen LogP contribution in [0.2, 0.25) is 0 Å². The molecule has 2 nitrogen and oxygen atoms in total. The lowest BCUT2D eigenvalue weighted by atomic mass is 9.96. The number of halogens is 2. The molecule has 0 spiro atoms. The predicted octanol–water partition coefficient (Wildman–Crippen LogP) is 3.64. The number of hydrogen-bond acceptors (Lipinski definition) is 1. The van der Waals surface area contributed by atoms with Crippen molar-refractivity contribution in [2.45, 2.75) is 6.92 Å². The molecular formula is C14H10F2O2. The fraction of sp³-hybridized carbons (Fsp3) is 0.0714. The van der Waals surface area contributed by atoms with Gasteiger partial charge in [0.2, 0.25) is 0 Å². The number of carboxylic acids is 1. The molecule has 2 rings (SSSR count). The lowest BCUT2D eigenvalue weighted by molar-refractivity contribution is 0.0697. The van der Waals surface area contributed by atoms with Crippen molar-refractivity contribution in [2.75, 3.05) is 0 Å². The summed E-state index contributed by atoms with van der Waals surface area (Å²) in [5.41, 5.74) is 1.31. The molecule has 0 heterocycles. The zero-order chi connectivity index (χ0) is 13.3. The quantitative estimate of drug-likeness (QED) is 0.880. The van der Waals surface area contributed by atoms with E-state index in [1.165, 1.54) is 24.3 Å². The summed E-state index contributed by atoms with van der Waals surface area (Å²) < 4.78 is 26.3. The van der Waals surface area contributed by atoms with Gasteiger partial charge in [-0.3, -0.25) is 0 Å². The number of carboxylic acid groups (broad SMARTS) is 1. The number of aryl methyl sites for hydroxylation is 1. The molecule has 0 aliphatic heterocycles. The molecule has 0 unspecified atom stereocenters. The first-order valence-corrected chi connectivity index (χ1v) is 5.28. The largest absolute Gasteiger partial charge is 0.478 e. The molecule has 4 heteroatoms. The van der Waals surface area contributed by atoms with Crippen LogP contribution < -0.4 is 0 Å². The van der Waals surface area contributed by atoms with Gasteiger partial charge in [-0.2, -0.15) is 0 Å². The minimum absolute atomic E-state index is 0.00823. The molecule has 0 radical (unpaired) electrons. The Balaban J connectivity index is 2.69. The van der Waals surface area contributed by atoms with Crippen molar-refractivity contribution >= 4 is 5.97 Å². The number of benzene rings is 2. The third-order valence-electron chi connectivity index (χ3n) is 2.69. The van der Waals surface area contributed by atoms with Crippen molar-refractivity contribution in [3.63, 3.8) is 0 Å². The SMILES string of the molecule is Cc1cc(F)ccc1-c1cc(F)ccc1C(=O)O. The Bertz CT molecular complexity index is 621. The van der Waals surface area contributed by atoms with Crippen LogP contribution in [0.3, 0.4) is 0 Å². The van der Waals surface area contributed by atoms with Gasteiger partial charge >= 0.3 is 5.97 Å². The van der Waals surface area contributed by atoms with Gasteiger partial charge < -0.3 is 5.11 Å². The van der Waals surface area contributed by atoms with Crippen LogP contribution in [0.25, 0.3) is 11.1 Å². The Morgan fingerprint density at radius 1 is 1.00 bits per heavy atom. The van der Waals surface area contributed by atoms with E-state index in [9.17, 15) is 13.6 Å². The van der Waals surface area contributed by atoms with Gasteiger partial charge in [-0.05, 0) is 53.9 Å². The van der Waals surface area contributed by atoms with E-state index < -0.39 is 17.6 Å². The summed E-state index contributed by atoms with van der Waals surface area (Å²) in [6.07, 6.45) is 0. The number of aromatic carboxylic acids is 1. The first-order valence-electron chi connectivity index (χ1n) is 5.28. The molecule has 0 bridgehead atoms. The highest BCUT2D eigenvalue weighted by atomic mass is 19.1. The van der Waals surface area contributed by atoms with Crippen LogP contribution in [0.4, 0.5) is 8.78 Å². The average molecular weight is 248 g/mol. The molecule has 18 heavy (non-hydrogen) atoms. The first-order chi connectivity index (χ1) is 8.49. The van der Waals surface area contributed by atoms with E-state index in [4.69, 9.17) is 5.11 Å². The van der Waals surface area contributed by atoms with Gasteiger partial charge in [-0.25, -0.2) is 13.6 Å². The summed E-state index contributed by atoms with van der Waals surface area (Å²) in [6.45, 7) is 1.65. The van der Waals surface area contributed by atoms with E-state index in [2.05, 4.69) is 0 Å². The molecule has 2 aromatic carbocycles. The molecule has 1 N–H and O–H groups in total. The van der Waals surface area contributed by atoms with Gasteiger partial charge in [0.15, 0.2) is 0 Å². The van der Waals surface area contributed by atoms with E-state index >= 15 is 0 Å². The van der Waals surface area contributed by atoms with E-state index in [0.29, 0.717) is 11.1 Å². The van der Waals surface area contributed by atoms with Gasteiger partial charge in [0.1, 0.15) is 11.6 Å². The normalized spacial score (nSPS) is 10.4. The Morgan fingerprint density at radius 3 is 2.22 bits per heavy atom. The van der Waals surface area contributed by atoms with Crippen LogP contribution in [0.1, 0.15) is 15.9 Å². The van der Waals surface area contributed by atoms with Crippen molar-refractivity contribution in [1.82, 2.24) is 0 Å². The minimum atomic E-state index is -1.14. The molecule has 0 aliphatic carbocycles. The van der Waals surface area contributed by atoms with Gasteiger partial charge in [0, 0.05) is 0 Å². The molecular weight excluding hydrogens is 238 g/mol. The average Bonchev–Trinajstić information content (AvgIpc) is 2.28. The molecule has 0 saturated carbocycles. The van der Waals surface area contributed by atoms with E-state index in [0.717, 1.165) is 12.1 Å². The third-order valence-corrected chi connectivity index (χ3v) is 2.69. The summed E-state index contributed by atoms with van der Waals surface area (Å²) in [7, 11) is 0. The summed E-state index contributed by atoms with van der Waals surface area (Å²) in [5, 5.41) is 9.07. The fourth-order valence-electron chi connectivity index (χ4n) is 1.86. The second-order valence-corrected chi connectivity index (χ2v) is 3.95. The number of carbonyl (C=O) groups is 1. The predicted molar refractivity (Wildman–Crippen MR) is 63.5 cm³/mol. The number of hydrogen-bond donors (Lipinski definition) is 1. The topological polar surface area (TPSA) is 37.3 Å². The smallest absolute Gasteiger partial charge is 0.336 e. The monoisotopic (exact) mass is 248 g/mol. The zero-order valence-electron chi connectivity index (χ0n) is 9.58. The summed E-state index contributed by atoms with van der Waals surface area (Å²) in [4.78, 5) is 11.1. The molecule has 0 fully saturated rings. The molecule has 0 amide bonds. The van der Waals surface area contributed by atoms with Crippen LogP contribution >= 0.6 is 0 Å². The molecule has 2 aromatic rings. The molecule has 0 aromatic heterocycles.